The molecule has 0 amide bonds. The fourth-order valence-electron chi connectivity index (χ4n) is 2.76. The lowest BCUT2D eigenvalue weighted by molar-refractivity contribution is -0.0567. The van der Waals surface area contributed by atoms with Crippen LogP contribution in [0.15, 0.2) is 12.1 Å². The fraction of sp³-hybridized carbons (Fsp3) is 0.625. The van der Waals surface area contributed by atoms with E-state index in [-0.39, 0.29) is 5.60 Å². The number of phenolic OH excluding ortho intramolecular Hbond substituents is 1. The van der Waals surface area contributed by atoms with E-state index in [0.29, 0.717) is 11.7 Å². The van der Waals surface area contributed by atoms with E-state index in [1.54, 1.807) is 0 Å². The van der Waals surface area contributed by atoms with E-state index < -0.39 is 0 Å². The molecule has 100 valence electrons. The number of aromatic hydroxyl groups is 1. The van der Waals surface area contributed by atoms with E-state index in [2.05, 4.69) is 33.8 Å². The second kappa shape index (κ2) is 4.93. The number of unbranched alkanes of at least 4 members (excludes halogenated alkanes) is 1. The van der Waals surface area contributed by atoms with Gasteiger partial charge in [0.05, 0.1) is 5.60 Å². The first-order valence-corrected chi connectivity index (χ1v) is 6.98. The Balaban J connectivity index is 2.24. The average Bonchev–Trinajstić information content (AvgIpc) is 2.27. The molecule has 1 aliphatic rings. The average molecular weight is 248 g/mol. The lowest BCUT2D eigenvalue weighted by Crippen LogP contribution is -2.39. The maximum Gasteiger partial charge on any atom is 0.125 e. The Bertz CT molecular complexity index is 437. The van der Waals surface area contributed by atoms with Crippen LogP contribution in [0.25, 0.3) is 0 Å². The lowest BCUT2D eigenvalue weighted by Gasteiger charge is -2.42. The molecule has 0 fully saturated rings. The minimum atomic E-state index is -0.278. The molecule has 1 N–H and O–H groups in total. The monoisotopic (exact) mass is 248 g/mol. The van der Waals surface area contributed by atoms with Crippen molar-refractivity contribution in [2.45, 2.75) is 58.5 Å². The Hall–Kier alpha value is -1.02. The van der Waals surface area contributed by atoms with Crippen molar-refractivity contribution >= 4 is 0 Å². The smallest absolute Gasteiger partial charge is 0.125 e. The van der Waals surface area contributed by atoms with Gasteiger partial charge in [0, 0.05) is 18.6 Å². The summed E-state index contributed by atoms with van der Waals surface area (Å²) in [5.41, 5.74) is 3.00. The standard InChI is InChI=1S/C16H24O2/c1-5-6-9-18-16(4)10-12-7-8-13(11(2)3)15(17)14(12)16/h7-8,11,17H,5-6,9-10H2,1-4H3. The Morgan fingerprint density at radius 2 is 2.11 bits per heavy atom. The van der Waals surface area contributed by atoms with Crippen LogP contribution in [0.1, 0.15) is 63.1 Å². The summed E-state index contributed by atoms with van der Waals surface area (Å²) >= 11 is 0. The number of hydrogen-bond acceptors (Lipinski definition) is 2. The van der Waals surface area contributed by atoms with Crippen molar-refractivity contribution in [2.75, 3.05) is 6.61 Å². The van der Waals surface area contributed by atoms with Crippen molar-refractivity contribution in [3.63, 3.8) is 0 Å². The van der Waals surface area contributed by atoms with Crippen LogP contribution in [-0.2, 0) is 16.8 Å². The summed E-state index contributed by atoms with van der Waals surface area (Å²) in [6.07, 6.45) is 3.13. The molecule has 1 aromatic carbocycles. The molecule has 0 saturated heterocycles. The molecule has 0 bridgehead atoms. The SMILES string of the molecule is CCCCOC1(C)Cc2ccc(C(C)C)c(O)c21. The van der Waals surface area contributed by atoms with Gasteiger partial charge in [0.25, 0.3) is 0 Å². The highest BCUT2D eigenvalue weighted by atomic mass is 16.5. The van der Waals surface area contributed by atoms with Crippen LogP contribution in [0.5, 0.6) is 5.75 Å². The van der Waals surface area contributed by atoms with Crippen LogP contribution in [0.4, 0.5) is 0 Å². The van der Waals surface area contributed by atoms with Crippen LogP contribution in [0.3, 0.4) is 0 Å². The number of phenols is 1. The van der Waals surface area contributed by atoms with E-state index in [0.717, 1.165) is 37.0 Å². The summed E-state index contributed by atoms with van der Waals surface area (Å²) < 4.78 is 5.99. The predicted octanol–water partition coefficient (Wildman–Crippen LogP) is 4.10. The Morgan fingerprint density at radius 3 is 2.72 bits per heavy atom. The first-order chi connectivity index (χ1) is 8.49. The first-order valence-electron chi connectivity index (χ1n) is 6.98. The Labute approximate surface area is 110 Å². The third-order valence-electron chi connectivity index (χ3n) is 3.89. The summed E-state index contributed by atoms with van der Waals surface area (Å²) in [4.78, 5) is 0. The fourth-order valence-corrected chi connectivity index (χ4v) is 2.76. The largest absolute Gasteiger partial charge is 0.507 e. The topological polar surface area (TPSA) is 29.5 Å². The second-order valence-corrected chi connectivity index (χ2v) is 5.80. The van der Waals surface area contributed by atoms with Crippen LogP contribution >= 0.6 is 0 Å². The predicted molar refractivity (Wildman–Crippen MR) is 74.1 cm³/mol. The molecule has 0 aromatic heterocycles. The summed E-state index contributed by atoms with van der Waals surface area (Å²) in [6, 6.07) is 4.18. The Morgan fingerprint density at radius 1 is 1.39 bits per heavy atom. The van der Waals surface area contributed by atoms with Gasteiger partial charge in [-0.2, -0.15) is 0 Å². The summed E-state index contributed by atoms with van der Waals surface area (Å²) in [6.45, 7) is 9.24. The molecule has 1 unspecified atom stereocenters. The summed E-state index contributed by atoms with van der Waals surface area (Å²) in [7, 11) is 0. The van der Waals surface area contributed by atoms with Gasteiger partial charge in [0.2, 0.25) is 0 Å². The minimum Gasteiger partial charge on any atom is -0.507 e. The molecule has 1 atom stereocenters. The van der Waals surface area contributed by atoms with E-state index >= 15 is 0 Å². The summed E-state index contributed by atoms with van der Waals surface area (Å²) in [5, 5.41) is 10.4. The van der Waals surface area contributed by atoms with Gasteiger partial charge in [-0.1, -0.05) is 39.3 Å². The van der Waals surface area contributed by atoms with Crippen molar-refractivity contribution < 1.29 is 9.84 Å². The van der Waals surface area contributed by atoms with E-state index in [4.69, 9.17) is 4.74 Å². The van der Waals surface area contributed by atoms with E-state index in [1.165, 1.54) is 5.56 Å². The van der Waals surface area contributed by atoms with Crippen molar-refractivity contribution in [1.82, 2.24) is 0 Å². The molecular formula is C16H24O2. The van der Waals surface area contributed by atoms with Crippen LogP contribution in [0, 0.1) is 0 Å². The van der Waals surface area contributed by atoms with Crippen LogP contribution in [0.2, 0.25) is 0 Å². The van der Waals surface area contributed by atoms with Crippen molar-refractivity contribution in [2.24, 2.45) is 0 Å². The van der Waals surface area contributed by atoms with Gasteiger partial charge in [-0.15, -0.1) is 0 Å². The molecule has 0 heterocycles. The third kappa shape index (κ3) is 2.14. The van der Waals surface area contributed by atoms with Crippen LogP contribution < -0.4 is 0 Å². The molecule has 2 nitrogen and oxygen atoms in total. The molecule has 18 heavy (non-hydrogen) atoms. The van der Waals surface area contributed by atoms with Crippen molar-refractivity contribution in [1.29, 1.82) is 0 Å². The van der Waals surface area contributed by atoms with Crippen LogP contribution in [-0.4, -0.2) is 11.7 Å². The second-order valence-electron chi connectivity index (χ2n) is 5.80. The highest BCUT2D eigenvalue weighted by Gasteiger charge is 2.42. The zero-order valence-corrected chi connectivity index (χ0v) is 11.9. The molecule has 0 aliphatic heterocycles. The zero-order chi connectivity index (χ0) is 13.3. The van der Waals surface area contributed by atoms with Crippen molar-refractivity contribution in [3.8, 4) is 5.75 Å². The van der Waals surface area contributed by atoms with E-state index in [9.17, 15) is 5.11 Å². The molecule has 0 spiro atoms. The number of benzene rings is 1. The van der Waals surface area contributed by atoms with Gasteiger partial charge in [-0.25, -0.2) is 0 Å². The van der Waals surface area contributed by atoms with Gasteiger partial charge >= 0.3 is 0 Å². The van der Waals surface area contributed by atoms with Gasteiger partial charge in [-0.3, -0.25) is 0 Å². The van der Waals surface area contributed by atoms with Crippen molar-refractivity contribution in [3.05, 3.63) is 28.8 Å². The van der Waals surface area contributed by atoms with Gasteiger partial charge in [-0.05, 0) is 30.4 Å². The lowest BCUT2D eigenvalue weighted by atomic mass is 9.72. The maximum atomic E-state index is 10.4. The highest BCUT2D eigenvalue weighted by Crippen LogP contribution is 2.49. The van der Waals surface area contributed by atoms with Gasteiger partial charge in [0.1, 0.15) is 5.75 Å². The number of hydrogen-bond donors (Lipinski definition) is 1. The van der Waals surface area contributed by atoms with Gasteiger partial charge < -0.3 is 9.84 Å². The zero-order valence-electron chi connectivity index (χ0n) is 11.9. The van der Waals surface area contributed by atoms with Gasteiger partial charge in [0.15, 0.2) is 0 Å². The normalized spacial score (nSPS) is 21.8. The molecule has 2 heteroatoms. The molecular weight excluding hydrogens is 224 g/mol. The third-order valence-corrected chi connectivity index (χ3v) is 3.89. The maximum absolute atomic E-state index is 10.4. The molecule has 0 radical (unpaired) electrons. The molecule has 1 aliphatic carbocycles. The van der Waals surface area contributed by atoms with E-state index in [1.807, 2.05) is 6.07 Å². The minimum absolute atomic E-state index is 0.278. The number of rotatable bonds is 5. The summed E-state index contributed by atoms with van der Waals surface area (Å²) in [5.74, 6) is 0.795. The molecule has 1 aromatic rings. The molecule has 0 saturated carbocycles. The highest BCUT2D eigenvalue weighted by molar-refractivity contribution is 5.55. The Kier molecular flexibility index (Phi) is 3.67. The number of ether oxygens (including phenoxy) is 1. The quantitative estimate of drug-likeness (QED) is 0.795. The molecule has 2 rings (SSSR count). The number of fused-ring (bicyclic) bond motifs is 1. The first kappa shape index (κ1) is 13.4.